The Morgan fingerprint density at radius 3 is 2.67 bits per heavy atom. The molecule has 5 heteroatoms. The van der Waals surface area contributed by atoms with Crippen molar-refractivity contribution >= 4 is 5.82 Å². The van der Waals surface area contributed by atoms with E-state index in [2.05, 4.69) is 14.8 Å². The van der Waals surface area contributed by atoms with Gasteiger partial charge in [-0.05, 0) is 13.0 Å². The normalized spacial score (nSPS) is 18.9. The van der Waals surface area contributed by atoms with Gasteiger partial charge in [-0.1, -0.05) is 6.07 Å². The van der Waals surface area contributed by atoms with Crippen LogP contribution in [0.3, 0.4) is 0 Å². The molecule has 0 unspecified atom stereocenters. The van der Waals surface area contributed by atoms with Gasteiger partial charge in [-0.15, -0.1) is 0 Å². The second-order valence-corrected chi connectivity index (χ2v) is 4.64. The molecule has 18 heavy (non-hydrogen) atoms. The number of aromatic nitrogens is 1. The molecule has 1 saturated heterocycles. The van der Waals surface area contributed by atoms with E-state index in [1.54, 1.807) is 13.1 Å². The highest BCUT2D eigenvalue weighted by Crippen LogP contribution is 2.24. The van der Waals surface area contributed by atoms with Gasteiger partial charge in [0.15, 0.2) is 0 Å². The summed E-state index contributed by atoms with van der Waals surface area (Å²) in [6.45, 7) is 6.34. The predicted octanol–water partition coefficient (Wildman–Crippen LogP) is 0.249. The molecule has 0 bridgehead atoms. The Hall–Kier alpha value is -1.17. The van der Waals surface area contributed by atoms with Crippen LogP contribution in [0.4, 0.5) is 5.82 Å². The molecule has 5 nitrogen and oxygen atoms in total. The quantitative estimate of drug-likeness (QED) is 0.803. The molecular weight excluding hydrogens is 230 g/mol. The van der Waals surface area contributed by atoms with Crippen LogP contribution in [0, 0.1) is 0 Å². The third kappa shape index (κ3) is 2.98. The van der Waals surface area contributed by atoms with E-state index in [-0.39, 0.29) is 6.61 Å². The molecule has 1 aromatic rings. The van der Waals surface area contributed by atoms with Crippen LogP contribution in [0.15, 0.2) is 18.3 Å². The number of aliphatic hydroxyl groups excluding tert-OH is 2. The topological polar surface area (TPSA) is 59.8 Å². The van der Waals surface area contributed by atoms with Crippen LogP contribution in [0.2, 0.25) is 0 Å². The van der Waals surface area contributed by atoms with Crippen molar-refractivity contribution in [3.8, 4) is 0 Å². The van der Waals surface area contributed by atoms with E-state index in [1.165, 1.54) is 0 Å². The zero-order chi connectivity index (χ0) is 13.0. The number of aliphatic hydroxyl groups is 2. The summed E-state index contributed by atoms with van der Waals surface area (Å²) in [6.07, 6.45) is 1.27. The van der Waals surface area contributed by atoms with Crippen molar-refractivity contribution in [2.45, 2.75) is 13.0 Å². The maximum Gasteiger partial charge on any atom is 0.134 e. The lowest BCUT2D eigenvalue weighted by atomic mass is 10.1. The fourth-order valence-corrected chi connectivity index (χ4v) is 2.32. The third-order valence-electron chi connectivity index (χ3n) is 3.36. The first-order chi connectivity index (χ1) is 8.72. The van der Waals surface area contributed by atoms with Crippen LogP contribution in [-0.2, 0) is 0 Å². The second kappa shape index (κ2) is 6.13. The number of pyridine rings is 1. The van der Waals surface area contributed by atoms with Gasteiger partial charge in [0.1, 0.15) is 5.82 Å². The molecule has 1 aliphatic rings. The molecule has 0 aliphatic carbocycles. The summed E-state index contributed by atoms with van der Waals surface area (Å²) in [5.41, 5.74) is 0.883. The average Bonchev–Trinajstić information content (AvgIpc) is 2.40. The minimum atomic E-state index is -0.496. The Balaban J connectivity index is 2.05. The predicted molar refractivity (Wildman–Crippen MR) is 70.6 cm³/mol. The van der Waals surface area contributed by atoms with Crippen LogP contribution in [0.1, 0.15) is 18.6 Å². The van der Waals surface area contributed by atoms with E-state index in [9.17, 15) is 5.11 Å². The molecule has 1 aliphatic heterocycles. The Labute approximate surface area is 108 Å². The zero-order valence-corrected chi connectivity index (χ0v) is 10.8. The summed E-state index contributed by atoms with van der Waals surface area (Å²) in [5, 5.41) is 18.7. The molecule has 1 aromatic heterocycles. The number of β-amino-alcohol motifs (C(OH)–C–C–N with tert-alkyl or cyclic N) is 1. The van der Waals surface area contributed by atoms with Crippen LogP contribution >= 0.6 is 0 Å². The molecule has 1 atom stereocenters. The Morgan fingerprint density at radius 1 is 1.33 bits per heavy atom. The van der Waals surface area contributed by atoms with E-state index in [0.29, 0.717) is 0 Å². The highest BCUT2D eigenvalue weighted by Gasteiger charge is 2.20. The minimum absolute atomic E-state index is 0.211. The van der Waals surface area contributed by atoms with Gasteiger partial charge in [0.2, 0.25) is 0 Å². The Bertz CT molecular complexity index is 376. The molecule has 2 N–H and O–H groups in total. The zero-order valence-electron chi connectivity index (χ0n) is 10.8. The molecule has 0 radical (unpaired) electrons. The van der Waals surface area contributed by atoms with E-state index in [0.717, 1.165) is 44.1 Å². The molecule has 0 spiro atoms. The summed E-state index contributed by atoms with van der Waals surface area (Å²) in [4.78, 5) is 8.83. The fourth-order valence-electron chi connectivity index (χ4n) is 2.32. The van der Waals surface area contributed by atoms with Gasteiger partial charge in [0, 0.05) is 44.5 Å². The first-order valence-corrected chi connectivity index (χ1v) is 6.43. The number of hydrogen-bond acceptors (Lipinski definition) is 5. The Kier molecular flexibility index (Phi) is 4.52. The molecule has 2 rings (SSSR count). The lowest BCUT2D eigenvalue weighted by molar-refractivity contribution is 0.186. The number of nitrogens with zero attached hydrogens (tertiary/aromatic N) is 3. The van der Waals surface area contributed by atoms with Crippen LogP contribution in [0.5, 0.6) is 0 Å². The lowest BCUT2D eigenvalue weighted by Gasteiger charge is -2.36. The average molecular weight is 251 g/mol. The molecule has 0 amide bonds. The summed E-state index contributed by atoms with van der Waals surface area (Å²) < 4.78 is 0. The van der Waals surface area contributed by atoms with Crippen molar-refractivity contribution < 1.29 is 10.2 Å². The van der Waals surface area contributed by atoms with Crippen molar-refractivity contribution in [3.05, 3.63) is 23.9 Å². The van der Waals surface area contributed by atoms with Crippen molar-refractivity contribution in [1.29, 1.82) is 0 Å². The van der Waals surface area contributed by atoms with Gasteiger partial charge in [0.25, 0.3) is 0 Å². The molecule has 0 aromatic carbocycles. The summed E-state index contributed by atoms with van der Waals surface area (Å²) in [6, 6.07) is 3.78. The number of anilines is 1. The molecular formula is C13H21N3O2. The third-order valence-corrected chi connectivity index (χ3v) is 3.36. The largest absolute Gasteiger partial charge is 0.395 e. The Morgan fingerprint density at radius 2 is 2.06 bits per heavy atom. The van der Waals surface area contributed by atoms with Crippen LogP contribution < -0.4 is 4.90 Å². The molecule has 100 valence electrons. The molecule has 2 heterocycles. The van der Waals surface area contributed by atoms with E-state index < -0.39 is 6.10 Å². The van der Waals surface area contributed by atoms with Gasteiger partial charge >= 0.3 is 0 Å². The van der Waals surface area contributed by atoms with Gasteiger partial charge in [0.05, 0.1) is 12.7 Å². The lowest BCUT2D eigenvalue weighted by Crippen LogP contribution is -2.47. The first-order valence-electron chi connectivity index (χ1n) is 6.43. The maximum atomic E-state index is 9.76. The number of piperazine rings is 1. The van der Waals surface area contributed by atoms with Crippen LogP contribution in [0.25, 0.3) is 0 Å². The fraction of sp³-hybridized carbons (Fsp3) is 0.615. The van der Waals surface area contributed by atoms with Gasteiger partial charge < -0.3 is 15.1 Å². The van der Waals surface area contributed by atoms with Crippen molar-refractivity contribution in [2.24, 2.45) is 0 Å². The number of hydrogen-bond donors (Lipinski definition) is 2. The highest BCUT2D eigenvalue weighted by molar-refractivity contribution is 5.48. The van der Waals surface area contributed by atoms with Crippen LogP contribution in [-0.4, -0.2) is 59.4 Å². The summed E-state index contributed by atoms with van der Waals surface area (Å²) in [7, 11) is 0. The number of rotatable bonds is 4. The first kappa shape index (κ1) is 13.3. The summed E-state index contributed by atoms with van der Waals surface area (Å²) >= 11 is 0. The monoisotopic (exact) mass is 251 g/mol. The van der Waals surface area contributed by atoms with Gasteiger partial charge in [-0.25, -0.2) is 4.98 Å². The standard InChI is InChI=1S/C13H21N3O2/c1-11(18)12-3-2-4-14-13(12)16-7-5-15(6-8-16)9-10-17/h2-4,11,17-18H,5-10H2,1H3/t11-/m1/s1. The second-order valence-electron chi connectivity index (χ2n) is 4.64. The van der Waals surface area contributed by atoms with Gasteiger partial charge in [-0.2, -0.15) is 0 Å². The van der Waals surface area contributed by atoms with E-state index in [4.69, 9.17) is 5.11 Å². The maximum absolute atomic E-state index is 9.76. The molecule has 1 fully saturated rings. The van der Waals surface area contributed by atoms with Crippen molar-refractivity contribution in [3.63, 3.8) is 0 Å². The SMILES string of the molecule is C[C@@H](O)c1cccnc1N1CCN(CCO)CC1. The summed E-state index contributed by atoms with van der Waals surface area (Å²) in [5.74, 6) is 0.885. The smallest absolute Gasteiger partial charge is 0.134 e. The highest BCUT2D eigenvalue weighted by atomic mass is 16.3. The van der Waals surface area contributed by atoms with E-state index in [1.807, 2.05) is 12.1 Å². The van der Waals surface area contributed by atoms with Crippen molar-refractivity contribution in [2.75, 3.05) is 44.2 Å². The van der Waals surface area contributed by atoms with Gasteiger partial charge in [-0.3, -0.25) is 4.90 Å². The van der Waals surface area contributed by atoms with E-state index >= 15 is 0 Å². The minimum Gasteiger partial charge on any atom is -0.395 e. The van der Waals surface area contributed by atoms with Crippen molar-refractivity contribution in [1.82, 2.24) is 9.88 Å². The molecule has 0 saturated carbocycles.